The summed E-state index contributed by atoms with van der Waals surface area (Å²) in [5.74, 6) is 1.46. The number of likely N-dealkylation sites (tertiary alicyclic amines) is 1. The van der Waals surface area contributed by atoms with Gasteiger partial charge in [0.1, 0.15) is 11.5 Å². The predicted octanol–water partition coefficient (Wildman–Crippen LogP) is 1.97. The van der Waals surface area contributed by atoms with Gasteiger partial charge in [-0.25, -0.2) is 0 Å². The fraction of sp³-hybridized carbons (Fsp3) is 0.500. The molecule has 26 heavy (non-hydrogen) atoms. The summed E-state index contributed by atoms with van der Waals surface area (Å²) in [6, 6.07) is 3.82. The van der Waals surface area contributed by atoms with Crippen LogP contribution in [-0.2, 0) is 6.54 Å². The van der Waals surface area contributed by atoms with Crippen LogP contribution in [0, 0.1) is 0 Å². The van der Waals surface area contributed by atoms with Crippen molar-refractivity contribution in [3.63, 3.8) is 0 Å². The van der Waals surface area contributed by atoms with Crippen molar-refractivity contribution >= 4 is 47.5 Å². The molecule has 8 nitrogen and oxygen atoms in total. The molecule has 1 fully saturated rings. The van der Waals surface area contributed by atoms with E-state index in [1.807, 2.05) is 12.1 Å². The van der Waals surface area contributed by atoms with Crippen LogP contribution >= 0.6 is 25.3 Å². The van der Waals surface area contributed by atoms with E-state index >= 15 is 0 Å². The van der Waals surface area contributed by atoms with Gasteiger partial charge in [0.05, 0.1) is 12.8 Å². The van der Waals surface area contributed by atoms with E-state index in [4.69, 9.17) is 4.42 Å². The average Bonchev–Trinajstić information content (AvgIpc) is 3.12. The first-order chi connectivity index (χ1) is 12.6. The topological polar surface area (TPSA) is 89.9 Å². The highest BCUT2D eigenvalue weighted by Crippen LogP contribution is 2.15. The van der Waals surface area contributed by atoms with Gasteiger partial charge in [-0.15, -0.1) is 40.6 Å². The molecule has 1 aliphatic rings. The number of hydrogen-bond acceptors (Lipinski definition) is 6. The van der Waals surface area contributed by atoms with Crippen LogP contribution in [0.3, 0.4) is 0 Å². The van der Waals surface area contributed by atoms with Crippen LogP contribution in [0.4, 0.5) is 0 Å². The Kier molecular flexibility index (Phi) is 8.72. The molecule has 1 aromatic rings. The van der Waals surface area contributed by atoms with Gasteiger partial charge in [0, 0.05) is 14.1 Å². The molecule has 2 N–H and O–H groups in total. The largest absolute Gasteiger partial charge is 0.458 e. The van der Waals surface area contributed by atoms with Crippen LogP contribution < -0.4 is 10.6 Å². The van der Waals surface area contributed by atoms with E-state index in [1.54, 1.807) is 14.1 Å². The first-order valence-corrected chi connectivity index (χ1v) is 9.33. The van der Waals surface area contributed by atoms with Gasteiger partial charge in [0.2, 0.25) is 0 Å². The molecule has 0 spiro atoms. The second-order valence-electron chi connectivity index (χ2n) is 5.68. The summed E-state index contributed by atoms with van der Waals surface area (Å²) in [7, 11) is 3.42. The lowest BCUT2D eigenvalue weighted by Crippen LogP contribution is -2.28. The molecule has 0 aliphatic carbocycles. The molecule has 0 radical (unpaired) electrons. The standard InChI is InChI=1S/C16H25N7OS2/c1-17-15(25)21-19-10-13(20-22-16(26)18-2)14-7-6-12(24-14)11-23-8-4-3-5-9-23/h6-7,10H,3-5,8-9,11H2,1-2H3,(H2,17,21,25)(H2,18,22,26)/b19-10+,20-13-. The van der Waals surface area contributed by atoms with Gasteiger partial charge in [-0.3, -0.25) is 4.90 Å². The maximum absolute atomic E-state index is 5.94. The van der Waals surface area contributed by atoms with Crippen LogP contribution in [0.15, 0.2) is 37.0 Å². The molecule has 2 heterocycles. The second kappa shape index (κ2) is 11.0. The van der Waals surface area contributed by atoms with Crippen molar-refractivity contribution in [1.82, 2.24) is 15.5 Å². The molecule has 0 atom stereocenters. The van der Waals surface area contributed by atoms with Crippen LogP contribution in [0.25, 0.3) is 0 Å². The molecular weight excluding hydrogens is 370 g/mol. The van der Waals surface area contributed by atoms with Crippen molar-refractivity contribution < 1.29 is 4.42 Å². The average molecular weight is 396 g/mol. The number of nitrogens with one attached hydrogen (secondary N) is 2. The van der Waals surface area contributed by atoms with Gasteiger partial charge in [-0.1, -0.05) is 6.42 Å². The summed E-state index contributed by atoms with van der Waals surface area (Å²) in [5.41, 5.74) is 0.442. The minimum Gasteiger partial charge on any atom is -0.458 e. The quantitative estimate of drug-likeness (QED) is 0.257. The van der Waals surface area contributed by atoms with Gasteiger partial charge in [0.15, 0.2) is 16.1 Å². The van der Waals surface area contributed by atoms with E-state index in [9.17, 15) is 0 Å². The number of hydrogen-bond donors (Lipinski definition) is 4. The third-order valence-electron chi connectivity index (χ3n) is 3.77. The van der Waals surface area contributed by atoms with Crippen LogP contribution in [-0.4, -0.2) is 54.3 Å². The van der Waals surface area contributed by atoms with Crippen molar-refractivity contribution in [1.29, 1.82) is 0 Å². The second-order valence-corrected chi connectivity index (χ2v) is 6.53. The zero-order chi connectivity index (χ0) is 18.8. The summed E-state index contributed by atoms with van der Waals surface area (Å²) < 4.78 is 5.94. The highest BCUT2D eigenvalue weighted by molar-refractivity contribution is 7.97. The third kappa shape index (κ3) is 6.85. The van der Waals surface area contributed by atoms with E-state index in [0.717, 1.165) is 25.4 Å². The van der Waals surface area contributed by atoms with Gasteiger partial charge in [0.25, 0.3) is 0 Å². The van der Waals surface area contributed by atoms with Gasteiger partial charge in [-0.2, -0.15) is 5.10 Å². The molecule has 142 valence electrons. The Morgan fingerprint density at radius 3 is 2.46 bits per heavy atom. The summed E-state index contributed by atoms with van der Waals surface area (Å²) in [6.45, 7) is 3.01. The maximum Gasteiger partial charge on any atom is 0.179 e. The van der Waals surface area contributed by atoms with Gasteiger partial charge >= 0.3 is 0 Å². The normalized spacial score (nSPS) is 17.8. The summed E-state index contributed by atoms with van der Waals surface area (Å²) in [6.07, 6.45) is 5.26. The monoisotopic (exact) mass is 395 g/mol. The number of furan rings is 1. The number of amidine groups is 2. The third-order valence-corrected chi connectivity index (χ3v) is 4.40. The van der Waals surface area contributed by atoms with Crippen molar-refractivity contribution in [2.75, 3.05) is 27.2 Å². The maximum atomic E-state index is 5.94. The van der Waals surface area contributed by atoms with Crippen LogP contribution in [0.2, 0.25) is 0 Å². The molecular formula is C16H25N7OS2. The molecule has 1 aliphatic heterocycles. The van der Waals surface area contributed by atoms with E-state index in [-0.39, 0.29) is 0 Å². The first kappa shape index (κ1) is 20.5. The molecule has 2 rings (SSSR count). The zero-order valence-electron chi connectivity index (χ0n) is 15.0. The van der Waals surface area contributed by atoms with Crippen molar-refractivity contribution in [3.8, 4) is 0 Å². The fourth-order valence-corrected chi connectivity index (χ4v) is 2.51. The minimum absolute atomic E-state index is 0.379. The summed E-state index contributed by atoms with van der Waals surface area (Å²) in [5, 5.41) is 22.3. The molecule has 0 unspecified atom stereocenters. The minimum atomic E-state index is 0.379. The zero-order valence-corrected chi connectivity index (χ0v) is 16.8. The van der Waals surface area contributed by atoms with Crippen LogP contribution in [0.5, 0.6) is 0 Å². The fourth-order valence-electron chi connectivity index (χ4n) is 2.42. The molecule has 0 aromatic carbocycles. The van der Waals surface area contributed by atoms with E-state index in [0.29, 0.717) is 21.8 Å². The Morgan fingerprint density at radius 1 is 1.08 bits per heavy atom. The van der Waals surface area contributed by atoms with E-state index in [1.165, 1.54) is 25.5 Å². The number of nitrogens with zero attached hydrogens (tertiary/aromatic N) is 5. The SMILES string of the molecule is CN/C(S)=N/N=C(/C=N/N=C(\S)NC)c1ccc(CN2CCCCC2)o1. The summed E-state index contributed by atoms with van der Waals surface area (Å²) in [4.78, 5) is 2.40. The lowest BCUT2D eigenvalue weighted by atomic mass is 10.1. The Morgan fingerprint density at radius 2 is 1.77 bits per heavy atom. The van der Waals surface area contributed by atoms with E-state index < -0.39 is 0 Å². The molecule has 0 saturated carbocycles. The lowest BCUT2D eigenvalue weighted by molar-refractivity contribution is 0.205. The Bertz CT molecular complexity index is 691. The highest BCUT2D eigenvalue weighted by atomic mass is 32.1. The van der Waals surface area contributed by atoms with E-state index in [2.05, 4.69) is 61.2 Å². The predicted molar refractivity (Wildman–Crippen MR) is 114 cm³/mol. The smallest absolute Gasteiger partial charge is 0.179 e. The van der Waals surface area contributed by atoms with Crippen molar-refractivity contribution in [2.24, 2.45) is 20.4 Å². The molecule has 1 saturated heterocycles. The van der Waals surface area contributed by atoms with Crippen molar-refractivity contribution in [3.05, 3.63) is 23.7 Å². The van der Waals surface area contributed by atoms with Crippen LogP contribution in [0.1, 0.15) is 30.8 Å². The van der Waals surface area contributed by atoms with Gasteiger partial charge < -0.3 is 15.1 Å². The Hall–Kier alpha value is -1.78. The number of rotatable bonds is 6. The molecule has 0 bridgehead atoms. The highest BCUT2D eigenvalue weighted by Gasteiger charge is 2.14. The summed E-state index contributed by atoms with van der Waals surface area (Å²) >= 11 is 8.25. The molecule has 0 amide bonds. The van der Waals surface area contributed by atoms with Gasteiger partial charge in [-0.05, 0) is 38.1 Å². The Labute approximate surface area is 164 Å². The molecule has 1 aromatic heterocycles. The molecule has 10 heteroatoms. The Balaban J connectivity index is 2.16. The lowest BCUT2D eigenvalue weighted by Gasteiger charge is -2.25. The van der Waals surface area contributed by atoms with Crippen molar-refractivity contribution in [2.45, 2.75) is 25.8 Å². The first-order valence-electron chi connectivity index (χ1n) is 8.44. The number of thiol groups is 2. The number of piperidine rings is 1.